The molecule has 0 spiro atoms. The second kappa shape index (κ2) is 4.35. The average Bonchev–Trinajstić information content (AvgIpc) is 3.04. The molecule has 0 saturated heterocycles. The van der Waals surface area contributed by atoms with Crippen LogP contribution in [0.15, 0.2) is 45.1 Å². The van der Waals surface area contributed by atoms with Gasteiger partial charge in [-0.3, -0.25) is 4.98 Å². The first-order valence-electron chi connectivity index (χ1n) is 6.22. The predicted molar refractivity (Wildman–Crippen MR) is 84.1 cm³/mol. The summed E-state index contributed by atoms with van der Waals surface area (Å²) in [6.07, 6.45) is 0. The summed E-state index contributed by atoms with van der Waals surface area (Å²) >= 11 is 1.58. The van der Waals surface area contributed by atoms with Crippen molar-refractivity contribution in [2.75, 3.05) is 11.1 Å². The number of fused-ring (bicyclic) bond motifs is 2. The Morgan fingerprint density at radius 2 is 2.19 bits per heavy atom. The van der Waals surface area contributed by atoms with Crippen molar-refractivity contribution in [3.8, 4) is 0 Å². The van der Waals surface area contributed by atoms with E-state index in [9.17, 15) is 4.79 Å². The fourth-order valence-corrected chi connectivity index (χ4v) is 2.93. The third-order valence-corrected chi connectivity index (χ3v) is 3.99. The van der Waals surface area contributed by atoms with Crippen LogP contribution in [-0.2, 0) is 0 Å². The molecule has 0 bridgehead atoms. The highest BCUT2D eigenvalue weighted by Gasteiger charge is 2.07. The largest absolute Gasteiger partial charge is 0.417 e. The van der Waals surface area contributed by atoms with E-state index in [0.29, 0.717) is 22.5 Å². The first kappa shape index (κ1) is 12.0. The van der Waals surface area contributed by atoms with E-state index in [1.807, 2.05) is 23.7 Å². The van der Waals surface area contributed by atoms with Gasteiger partial charge < -0.3 is 15.5 Å². The molecule has 0 amide bonds. The van der Waals surface area contributed by atoms with Crippen LogP contribution in [0.4, 0.5) is 17.1 Å². The Hall–Kier alpha value is -2.80. The van der Waals surface area contributed by atoms with Gasteiger partial charge in [0.05, 0.1) is 32.6 Å². The molecule has 2 aromatic carbocycles. The summed E-state index contributed by atoms with van der Waals surface area (Å²) in [6.45, 7) is 0. The molecule has 0 radical (unpaired) electrons. The summed E-state index contributed by atoms with van der Waals surface area (Å²) in [5, 5.41) is 3.25. The number of nitrogen functional groups attached to an aromatic ring is 1. The molecule has 0 aliphatic carbocycles. The molecule has 21 heavy (non-hydrogen) atoms. The van der Waals surface area contributed by atoms with E-state index in [1.165, 1.54) is 0 Å². The second-order valence-corrected chi connectivity index (χ2v) is 5.50. The predicted octanol–water partition coefficient (Wildman–Crippen LogP) is 3.06. The van der Waals surface area contributed by atoms with Crippen LogP contribution in [0.3, 0.4) is 0 Å². The molecule has 104 valence electrons. The van der Waals surface area contributed by atoms with Crippen LogP contribution in [0, 0.1) is 0 Å². The number of aromatic amines is 1. The van der Waals surface area contributed by atoms with Gasteiger partial charge in [-0.2, -0.15) is 0 Å². The van der Waals surface area contributed by atoms with Gasteiger partial charge >= 0.3 is 5.76 Å². The van der Waals surface area contributed by atoms with E-state index < -0.39 is 5.76 Å². The highest BCUT2D eigenvalue weighted by molar-refractivity contribution is 7.16. The van der Waals surface area contributed by atoms with E-state index in [0.717, 1.165) is 15.9 Å². The zero-order valence-corrected chi connectivity index (χ0v) is 11.5. The van der Waals surface area contributed by atoms with Crippen LogP contribution in [-0.4, -0.2) is 9.97 Å². The maximum absolute atomic E-state index is 11.2. The molecule has 2 aromatic heterocycles. The Balaban J connectivity index is 1.78. The molecule has 4 rings (SSSR count). The number of hydrogen-bond acceptors (Lipinski definition) is 6. The Kier molecular flexibility index (Phi) is 2.48. The van der Waals surface area contributed by atoms with Gasteiger partial charge in [0.25, 0.3) is 0 Å². The second-order valence-electron chi connectivity index (χ2n) is 4.61. The number of rotatable bonds is 2. The summed E-state index contributed by atoms with van der Waals surface area (Å²) in [5.74, 6) is -0.493. The van der Waals surface area contributed by atoms with Crippen LogP contribution in [0.1, 0.15) is 0 Å². The van der Waals surface area contributed by atoms with Crippen molar-refractivity contribution in [2.45, 2.75) is 0 Å². The summed E-state index contributed by atoms with van der Waals surface area (Å²) in [4.78, 5) is 18.1. The van der Waals surface area contributed by atoms with Crippen molar-refractivity contribution < 1.29 is 4.42 Å². The molecular formula is C14H10N4O2S. The van der Waals surface area contributed by atoms with E-state index in [1.54, 1.807) is 23.5 Å². The van der Waals surface area contributed by atoms with Crippen LogP contribution in [0.5, 0.6) is 0 Å². The van der Waals surface area contributed by atoms with Gasteiger partial charge in [-0.1, -0.05) is 0 Å². The van der Waals surface area contributed by atoms with Crippen molar-refractivity contribution in [3.05, 3.63) is 46.4 Å². The van der Waals surface area contributed by atoms with Gasteiger partial charge in [0.15, 0.2) is 5.58 Å². The summed E-state index contributed by atoms with van der Waals surface area (Å²) in [6, 6.07) is 9.27. The van der Waals surface area contributed by atoms with Crippen LogP contribution in [0.2, 0.25) is 0 Å². The maximum atomic E-state index is 11.2. The first-order chi connectivity index (χ1) is 10.2. The van der Waals surface area contributed by atoms with E-state index in [2.05, 4.69) is 15.3 Å². The van der Waals surface area contributed by atoms with Crippen molar-refractivity contribution in [1.82, 2.24) is 9.97 Å². The standard InChI is InChI=1S/C14H10N4O2S/c15-8-4-12-11(18-14(19)20-12)5-10(8)17-7-1-2-9-13(3-7)21-6-16-9/h1-6,17H,15H2,(H,18,19). The Labute approximate surface area is 122 Å². The molecule has 0 atom stereocenters. The summed E-state index contributed by atoms with van der Waals surface area (Å²) in [7, 11) is 0. The Morgan fingerprint density at radius 3 is 3.10 bits per heavy atom. The van der Waals surface area contributed by atoms with Crippen molar-refractivity contribution in [2.24, 2.45) is 0 Å². The number of thiazole rings is 1. The molecule has 0 unspecified atom stereocenters. The molecule has 4 aromatic rings. The lowest BCUT2D eigenvalue weighted by Crippen LogP contribution is -1.96. The zero-order valence-electron chi connectivity index (χ0n) is 10.7. The van der Waals surface area contributed by atoms with Crippen molar-refractivity contribution in [1.29, 1.82) is 0 Å². The average molecular weight is 298 g/mol. The van der Waals surface area contributed by atoms with Gasteiger partial charge in [0, 0.05) is 11.8 Å². The summed E-state index contributed by atoms with van der Waals surface area (Å²) < 4.78 is 6.07. The number of nitrogens with one attached hydrogen (secondary N) is 2. The highest BCUT2D eigenvalue weighted by Crippen LogP contribution is 2.29. The molecule has 0 saturated carbocycles. The quantitative estimate of drug-likeness (QED) is 0.494. The van der Waals surface area contributed by atoms with Crippen LogP contribution in [0.25, 0.3) is 21.3 Å². The molecular weight excluding hydrogens is 288 g/mol. The van der Waals surface area contributed by atoms with E-state index in [4.69, 9.17) is 10.2 Å². The minimum Gasteiger partial charge on any atom is -0.408 e. The molecule has 2 heterocycles. The zero-order chi connectivity index (χ0) is 14.4. The number of benzene rings is 2. The maximum Gasteiger partial charge on any atom is 0.417 e. The first-order valence-corrected chi connectivity index (χ1v) is 7.10. The van der Waals surface area contributed by atoms with Gasteiger partial charge in [-0.05, 0) is 24.3 Å². The monoisotopic (exact) mass is 298 g/mol. The molecule has 7 heteroatoms. The molecule has 0 aliphatic heterocycles. The van der Waals surface area contributed by atoms with Crippen molar-refractivity contribution >= 4 is 49.7 Å². The molecule has 6 nitrogen and oxygen atoms in total. The SMILES string of the molecule is Nc1cc2oc(=O)[nH]c2cc1Nc1ccc2ncsc2c1. The van der Waals surface area contributed by atoms with Gasteiger partial charge in [0.1, 0.15) is 0 Å². The van der Waals surface area contributed by atoms with E-state index in [-0.39, 0.29) is 0 Å². The lowest BCUT2D eigenvalue weighted by molar-refractivity contribution is 0.555. The Morgan fingerprint density at radius 1 is 1.29 bits per heavy atom. The number of anilines is 3. The fourth-order valence-electron chi connectivity index (χ4n) is 2.21. The number of hydrogen-bond donors (Lipinski definition) is 3. The van der Waals surface area contributed by atoms with Crippen molar-refractivity contribution in [3.63, 3.8) is 0 Å². The lowest BCUT2D eigenvalue weighted by atomic mass is 10.2. The van der Waals surface area contributed by atoms with Gasteiger partial charge in [0.2, 0.25) is 0 Å². The lowest BCUT2D eigenvalue weighted by Gasteiger charge is -2.09. The third-order valence-electron chi connectivity index (χ3n) is 3.20. The Bertz CT molecular complexity index is 1010. The molecule has 4 N–H and O–H groups in total. The van der Waals surface area contributed by atoms with Gasteiger partial charge in [-0.15, -0.1) is 11.3 Å². The normalized spacial score (nSPS) is 11.2. The number of nitrogens with two attached hydrogens (primary N) is 1. The number of aromatic nitrogens is 2. The minimum absolute atomic E-state index is 0.445. The highest BCUT2D eigenvalue weighted by atomic mass is 32.1. The summed E-state index contributed by atoms with van der Waals surface area (Å²) in [5.41, 5.74) is 11.9. The molecule has 0 aliphatic rings. The number of oxazole rings is 1. The smallest absolute Gasteiger partial charge is 0.408 e. The number of nitrogens with zero attached hydrogens (tertiary/aromatic N) is 1. The topological polar surface area (TPSA) is 96.9 Å². The van der Waals surface area contributed by atoms with E-state index >= 15 is 0 Å². The molecule has 0 fully saturated rings. The fraction of sp³-hybridized carbons (Fsp3) is 0. The van der Waals surface area contributed by atoms with Gasteiger partial charge in [-0.25, -0.2) is 9.78 Å². The van der Waals surface area contributed by atoms with Crippen LogP contribution < -0.4 is 16.8 Å². The third kappa shape index (κ3) is 2.03. The minimum atomic E-state index is -0.493. The van der Waals surface area contributed by atoms with Crippen LogP contribution >= 0.6 is 11.3 Å². The number of H-pyrrole nitrogens is 1.